The van der Waals surface area contributed by atoms with E-state index in [4.69, 9.17) is 0 Å². The van der Waals surface area contributed by atoms with Crippen molar-refractivity contribution in [3.63, 3.8) is 0 Å². The summed E-state index contributed by atoms with van der Waals surface area (Å²) < 4.78 is 2.87. The van der Waals surface area contributed by atoms with Gasteiger partial charge in [-0.2, -0.15) is 4.57 Å². The molecule has 1 unspecified atom stereocenters. The number of fused-ring (bicyclic) bond motifs is 4. The van der Waals surface area contributed by atoms with Crippen LogP contribution in [0.3, 0.4) is 0 Å². The summed E-state index contributed by atoms with van der Waals surface area (Å²) >= 11 is 0. The van der Waals surface area contributed by atoms with Crippen LogP contribution in [-0.4, -0.2) is 0 Å². The Balaban J connectivity index is 1.70. The van der Waals surface area contributed by atoms with Gasteiger partial charge in [-0.25, -0.2) is 0 Å². The molecule has 1 heteroatoms. The van der Waals surface area contributed by atoms with E-state index in [-0.39, 0.29) is 16.4 Å². The zero-order chi connectivity index (χ0) is 32.1. The van der Waals surface area contributed by atoms with Gasteiger partial charge >= 0.3 is 0 Å². The Labute approximate surface area is 272 Å². The second kappa shape index (κ2) is 10.4. The first-order valence-corrected chi connectivity index (χ1v) is 18.0. The fraction of sp³-hybridized carbons (Fsp3) is 0.477. The zero-order valence-electron chi connectivity index (χ0n) is 29.6. The van der Waals surface area contributed by atoms with E-state index in [1.54, 1.807) is 11.1 Å². The second-order valence-electron chi connectivity index (χ2n) is 15.9. The first-order chi connectivity index (χ1) is 21.5. The Hall–Kier alpha value is -3.19. The SMILES string of the molecule is CCC(CC)C1=CC2(CC(C(CC)CC)=C1)c1ccc3cccc4c3c1-c1c(cc3c(C(C)(C)C(C)C)cccc3[n+]12)C4(C)C. The van der Waals surface area contributed by atoms with Crippen LogP contribution in [0.2, 0.25) is 0 Å². The number of allylic oxidation sites excluding steroid dienone is 4. The molecule has 1 nitrogen and oxygen atoms in total. The Morgan fingerprint density at radius 2 is 1.49 bits per heavy atom. The van der Waals surface area contributed by atoms with Crippen LogP contribution in [0.1, 0.15) is 124 Å². The van der Waals surface area contributed by atoms with Gasteiger partial charge in [0.1, 0.15) is 0 Å². The summed E-state index contributed by atoms with van der Waals surface area (Å²) in [5.41, 5.74) is 13.2. The number of aromatic nitrogens is 1. The first kappa shape index (κ1) is 30.5. The monoisotopic (exact) mass is 596 g/mol. The van der Waals surface area contributed by atoms with Gasteiger partial charge in [0.05, 0.1) is 10.9 Å². The molecule has 1 aliphatic heterocycles. The largest absolute Gasteiger partial charge is 0.219 e. The number of pyridine rings is 1. The normalized spacial score (nSPS) is 19.8. The maximum Gasteiger partial charge on any atom is 0.219 e. The van der Waals surface area contributed by atoms with Gasteiger partial charge in [-0.1, -0.05) is 123 Å². The summed E-state index contributed by atoms with van der Waals surface area (Å²) in [6.07, 6.45) is 11.2. The van der Waals surface area contributed by atoms with E-state index in [0.717, 1.165) is 6.42 Å². The van der Waals surface area contributed by atoms with Crippen LogP contribution in [0.25, 0.3) is 32.9 Å². The summed E-state index contributed by atoms with van der Waals surface area (Å²) in [7, 11) is 0. The number of benzene rings is 3. The smallest absolute Gasteiger partial charge is 0.177 e. The first-order valence-electron chi connectivity index (χ1n) is 18.0. The standard InChI is InChI=1S/C44H54N/c1-11-28(12-2)31-23-32(29(13-3)14-4)26-44(25-31)36-22-21-30-17-15-19-35-39(30)40(36)41-37(43(35,9)10)24-33-34(42(7,8)27(5)6)18-16-20-38(33)45(41)44/h15-25,27-29H,11-14,26H2,1-10H3/q+1. The van der Waals surface area contributed by atoms with Gasteiger partial charge in [0, 0.05) is 34.4 Å². The third-order valence-corrected chi connectivity index (χ3v) is 12.9. The highest BCUT2D eigenvalue weighted by atomic mass is 15.1. The van der Waals surface area contributed by atoms with E-state index >= 15 is 0 Å². The predicted octanol–water partition coefficient (Wildman–Crippen LogP) is 11.7. The molecular weight excluding hydrogens is 542 g/mol. The molecule has 7 rings (SSSR count). The van der Waals surface area contributed by atoms with E-state index in [1.165, 1.54) is 80.9 Å². The van der Waals surface area contributed by atoms with E-state index in [9.17, 15) is 0 Å². The molecular formula is C44H54N+. The average Bonchev–Trinajstić information content (AvgIpc) is 3.30. The predicted molar refractivity (Wildman–Crippen MR) is 193 cm³/mol. The number of nitrogens with zero attached hydrogens (tertiary/aromatic N) is 1. The molecule has 45 heavy (non-hydrogen) atoms. The molecule has 1 atom stereocenters. The molecule has 0 N–H and O–H groups in total. The molecule has 234 valence electrons. The number of rotatable bonds is 8. The topological polar surface area (TPSA) is 3.88 Å². The van der Waals surface area contributed by atoms with Crippen LogP contribution in [0.4, 0.5) is 0 Å². The summed E-state index contributed by atoms with van der Waals surface area (Å²) in [4.78, 5) is 0. The maximum absolute atomic E-state index is 2.87. The van der Waals surface area contributed by atoms with E-state index < -0.39 is 0 Å². The van der Waals surface area contributed by atoms with Crippen LogP contribution in [-0.2, 0) is 16.4 Å². The van der Waals surface area contributed by atoms with Crippen molar-refractivity contribution in [1.29, 1.82) is 0 Å². The molecule has 2 heterocycles. The molecule has 0 saturated heterocycles. The molecule has 0 saturated carbocycles. The van der Waals surface area contributed by atoms with Gasteiger partial charge in [0.25, 0.3) is 0 Å². The van der Waals surface area contributed by atoms with Crippen LogP contribution in [0, 0.1) is 17.8 Å². The summed E-state index contributed by atoms with van der Waals surface area (Å²) in [6.45, 7) is 24.2. The van der Waals surface area contributed by atoms with Crippen molar-refractivity contribution in [2.45, 2.75) is 118 Å². The van der Waals surface area contributed by atoms with Crippen molar-refractivity contribution >= 4 is 21.7 Å². The molecule has 0 amide bonds. The molecule has 0 radical (unpaired) electrons. The molecule has 4 aromatic rings. The van der Waals surface area contributed by atoms with Gasteiger partial charge < -0.3 is 0 Å². The highest BCUT2D eigenvalue weighted by Gasteiger charge is 2.57. The molecule has 1 aromatic heterocycles. The minimum atomic E-state index is -0.244. The lowest BCUT2D eigenvalue weighted by Gasteiger charge is -2.35. The summed E-state index contributed by atoms with van der Waals surface area (Å²) in [5.74, 6) is 1.70. The van der Waals surface area contributed by atoms with Crippen molar-refractivity contribution in [1.82, 2.24) is 0 Å². The van der Waals surface area contributed by atoms with Crippen LogP contribution in [0.15, 0.2) is 77.9 Å². The van der Waals surface area contributed by atoms with Gasteiger partial charge in [-0.3, -0.25) is 0 Å². The summed E-state index contributed by atoms with van der Waals surface area (Å²) in [5, 5.41) is 4.29. The lowest BCUT2D eigenvalue weighted by Crippen LogP contribution is -2.56. The Morgan fingerprint density at radius 1 is 0.800 bits per heavy atom. The lowest BCUT2D eigenvalue weighted by atomic mass is 9.68. The Bertz CT molecular complexity index is 1900. The fourth-order valence-corrected chi connectivity index (χ4v) is 9.47. The third kappa shape index (κ3) is 4.01. The Kier molecular flexibility index (Phi) is 7.05. The van der Waals surface area contributed by atoms with Crippen LogP contribution in [0.5, 0.6) is 0 Å². The van der Waals surface area contributed by atoms with Gasteiger partial charge in [-0.05, 0) is 83.1 Å². The maximum atomic E-state index is 2.87. The second-order valence-corrected chi connectivity index (χ2v) is 15.9. The highest BCUT2D eigenvalue weighted by molar-refractivity contribution is 6.05. The minimum absolute atomic E-state index is 0.0489. The number of hydrogen-bond donors (Lipinski definition) is 0. The quantitative estimate of drug-likeness (QED) is 0.178. The van der Waals surface area contributed by atoms with Gasteiger partial charge in [0.15, 0.2) is 0 Å². The van der Waals surface area contributed by atoms with Crippen molar-refractivity contribution < 1.29 is 4.57 Å². The molecule has 3 aliphatic rings. The Morgan fingerprint density at radius 3 is 2.16 bits per heavy atom. The zero-order valence-corrected chi connectivity index (χ0v) is 29.6. The fourth-order valence-electron chi connectivity index (χ4n) is 9.47. The van der Waals surface area contributed by atoms with Crippen LogP contribution >= 0.6 is 0 Å². The van der Waals surface area contributed by atoms with Gasteiger partial charge in [-0.15, -0.1) is 0 Å². The van der Waals surface area contributed by atoms with Gasteiger partial charge in [0.2, 0.25) is 16.7 Å². The molecule has 0 fully saturated rings. The minimum Gasteiger partial charge on any atom is -0.177 e. The molecule has 3 aromatic carbocycles. The summed E-state index contributed by atoms with van der Waals surface area (Å²) in [6, 6.07) is 21.8. The molecule has 1 spiro atoms. The lowest BCUT2D eigenvalue weighted by molar-refractivity contribution is -0.703. The highest BCUT2D eigenvalue weighted by Crippen LogP contribution is 2.57. The van der Waals surface area contributed by atoms with Crippen molar-refractivity contribution in [3.8, 4) is 11.3 Å². The molecule has 0 bridgehead atoms. The van der Waals surface area contributed by atoms with Crippen LogP contribution < -0.4 is 4.57 Å². The average molecular weight is 597 g/mol. The molecule has 2 aliphatic carbocycles. The van der Waals surface area contributed by atoms with E-state index in [1.807, 2.05) is 0 Å². The number of hydrogen-bond acceptors (Lipinski definition) is 0. The van der Waals surface area contributed by atoms with Crippen molar-refractivity contribution in [2.24, 2.45) is 17.8 Å². The van der Waals surface area contributed by atoms with Crippen molar-refractivity contribution in [3.05, 3.63) is 100 Å². The van der Waals surface area contributed by atoms with E-state index in [2.05, 4.69) is 141 Å². The van der Waals surface area contributed by atoms with E-state index in [0.29, 0.717) is 17.8 Å². The third-order valence-electron chi connectivity index (χ3n) is 12.9. The van der Waals surface area contributed by atoms with Crippen molar-refractivity contribution in [2.75, 3.05) is 0 Å².